The highest BCUT2D eigenvalue weighted by atomic mass is 16.7. The van der Waals surface area contributed by atoms with Crippen LogP contribution >= 0.6 is 0 Å². The third-order valence-electron chi connectivity index (χ3n) is 8.97. The molecule has 47 heavy (non-hydrogen) atoms. The lowest BCUT2D eigenvalue weighted by Gasteiger charge is -2.45. The number of rotatable bonds is 14. The molecule has 264 valence electrons. The molecule has 2 aromatic carbocycles. The molecule has 2 unspecified atom stereocenters. The average molecular weight is 669 g/mol. The van der Waals surface area contributed by atoms with Gasteiger partial charge in [0.15, 0.2) is 29.3 Å². The van der Waals surface area contributed by atoms with Gasteiger partial charge in [0.1, 0.15) is 48.8 Å². The fourth-order valence-corrected chi connectivity index (χ4v) is 5.87. The van der Waals surface area contributed by atoms with Gasteiger partial charge in [-0.2, -0.15) is 0 Å². The van der Waals surface area contributed by atoms with E-state index >= 15 is 0 Å². The van der Waals surface area contributed by atoms with Crippen LogP contribution in [0.15, 0.2) is 36.4 Å². The number of hydrogen-bond donors (Lipinski definition) is 7. The molecule has 12 atom stereocenters. The molecule has 0 bridgehead atoms. The molecule has 0 amide bonds. The molecule has 0 aromatic heterocycles. The Balaban J connectivity index is 1.40. The number of methoxy groups -OCH3 is 3. The van der Waals surface area contributed by atoms with Crippen molar-refractivity contribution < 1.29 is 68.9 Å². The summed E-state index contributed by atoms with van der Waals surface area (Å²) in [7, 11) is 4.69. The maximum atomic E-state index is 10.9. The third-order valence-corrected chi connectivity index (χ3v) is 8.97. The van der Waals surface area contributed by atoms with Crippen LogP contribution in [-0.2, 0) is 27.1 Å². The van der Waals surface area contributed by atoms with Crippen molar-refractivity contribution in [2.45, 2.75) is 88.1 Å². The molecule has 0 saturated carbocycles. The summed E-state index contributed by atoms with van der Waals surface area (Å²) in [6.45, 7) is 3.00. The molecule has 4 rings (SSSR count). The molecule has 2 saturated heterocycles. The Morgan fingerprint density at radius 3 is 1.62 bits per heavy atom. The van der Waals surface area contributed by atoms with Crippen LogP contribution < -0.4 is 18.9 Å². The van der Waals surface area contributed by atoms with Gasteiger partial charge in [-0.1, -0.05) is 26.0 Å². The van der Waals surface area contributed by atoms with Crippen molar-refractivity contribution in [1.82, 2.24) is 0 Å². The second-order valence-corrected chi connectivity index (χ2v) is 12.2. The summed E-state index contributed by atoms with van der Waals surface area (Å²) in [4.78, 5) is 0. The summed E-state index contributed by atoms with van der Waals surface area (Å²) in [6, 6.07) is 11.3. The van der Waals surface area contributed by atoms with Crippen molar-refractivity contribution in [3.8, 4) is 23.0 Å². The van der Waals surface area contributed by atoms with Crippen LogP contribution in [-0.4, -0.2) is 132 Å². The van der Waals surface area contributed by atoms with E-state index in [-0.39, 0.29) is 5.75 Å². The van der Waals surface area contributed by atoms with Gasteiger partial charge < -0.3 is 68.9 Å². The van der Waals surface area contributed by atoms with E-state index in [4.69, 9.17) is 33.2 Å². The van der Waals surface area contributed by atoms with Gasteiger partial charge in [0.2, 0.25) is 6.29 Å². The van der Waals surface area contributed by atoms with Crippen molar-refractivity contribution >= 4 is 0 Å². The summed E-state index contributed by atoms with van der Waals surface area (Å²) >= 11 is 0. The van der Waals surface area contributed by atoms with Crippen molar-refractivity contribution in [3.05, 3.63) is 47.5 Å². The molecule has 2 heterocycles. The zero-order chi connectivity index (χ0) is 34.4. The van der Waals surface area contributed by atoms with Gasteiger partial charge in [0, 0.05) is 0 Å². The predicted molar refractivity (Wildman–Crippen MR) is 165 cm³/mol. The quantitative estimate of drug-likeness (QED) is 0.139. The van der Waals surface area contributed by atoms with E-state index < -0.39 is 74.6 Å². The van der Waals surface area contributed by atoms with Crippen LogP contribution in [0.4, 0.5) is 0 Å². The van der Waals surface area contributed by atoms with Crippen LogP contribution in [0.5, 0.6) is 23.0 Å². The first kappa shape index (κ1) is 37.1. The minimum Gasteiger partial charge on any atom is -0.493 e. The number of aliphatic hydroxyl groups is 7. The average Bonchev–Trinajstić information content (AvgIpc) is 3.08. The summed E-state index contributed by atoms with van der Waals surface area (Å²) < 4.78 is 39.0. The van der Waals surface area contributed by atoms with Crippen molar-refractivity contribution in [1.29, 1.82) is 0 Å². The van der Waals surface area contributed by atoms with Crippen LogP contribution in [0.1, 0.15) is 25.0 Å². The highest BCUT2D eigenvalue weighted by Crippen LogP contribution is 2.35. The number of aliphatic hydroxyl groups excluding tert-OH is 7. The summed E-state index contributed by atoms with van der Waals surface area (Å²) in [5.41, 5.74) is 2.13. The minimum atomic E-state index is -1.76. The highest BCUT2D eigenvalue weighted by molar-refractivity contribution is 5.44. The Morgan fingerprint density at radius 2 is 1.09 bits per heavy atom. The maximum Gasteiger partial charge on any atom is 0.229 e. The van der Waals surface area contributed by atoms with Crippen molar-refractivity contribution in [3.63, 3.8) is 0 Å². The molecule has 2 aliphatic heterocycles. The normalized spacial score (nSPS) is 32.3. The Morgan fingerprint density at radius 1 is 0.596 bits per heavy atom. The second-order valence-electron chi connectivity index (χ2n) is 12.2. The molecule has 7 N–H and O–H groups in total. The molecule has 2 aliphatic rings. The Kier molecular flexibility index (Phi) is 13.1. The molecule has 0 radical (unpaired) electrons. The van der Waals surface area contributed by atoms with E-state index in [2.05, 4.69) is 13.8 Å². The minimum absolute atomic E-state index is 0.225. The largest absolute Gasteiger partial charge is 0.493 e. The SMILES string of the molecule is COc1ccc(CC(C)C(C)Cc2ccc(O[C@@H]3O[C@H](CO)[C@@H](O[C@H]4O[C@H](CO)[C@@H](O)[C@H](O)[C@H]4O)[C@H](O)[C@H]3O)c(OC)c2)cc1OC. The number of hydrogen-bond acceptors (Lipinski definition) is 14. The van der Waals surface area contributed by atoms with Gasteiger partial charge in [-0.05, 0) is 60.1 Å². The Hall–Kier alpha value is -2.76. The lowest BCUT2D eigenvalue weighted by Crippen LogP contribution is -2.65. The standard InChI is InChI=1S/C33H48O14/c1-16(10-18-6-8-20(41-3)22(12-18)42-4)17(2)11-19-7-9-21(23(13-19)43-5)44-32-30(40)28(38)31(25(15-35)46-32)47-33-29(39)27(37)26(36)24(14-34)45-33/h6-9,12-13,16-17,24-40H,10-11,14-15H2,1-5H3/t16?,17?,24-,25-,26-,27+,28-,29-,30-,31-,32-,33-/m1/s1. The first-order valence-corrected chi connectivity index (χ1v) is 15.6. The fourth-order valence-electron chi connectivity index (χ4n) is 5.87. The van der Waals surface area contributed by atoms with Crippen LogP contribution in [0.2, 0.25) is 0 Å². The molecular formula is C33H48O14. The predicted octanol–water partition coefficient (Wildman–Crippen LogP) is -0.227. The summed E-state index contributed by atoms with van der Waals surface area (Å²) in [5.74, 6) is 2.59. The van der Waals surface area contributed by atoms with Crippen LogP contribution in [0, 0.1) is 11.8 Å². The number of ether oxygens (including phenoxy) is 7. The van der Waals surface area contributed by atoms with E-state index in [0.29, 0.717) is 29.1 Å². The van der Waals surface area contributed by atoms with Crippen LogP contribution in [0.25, 0.3) is 0 Å². The second kappa shape index (κ2) is 16.6. The lowest BCUT2D eigenvalue weighted by molar-refractivity contribution is -0.352. The van der Waals surface area contributed by atoms with E-state index in [9.17, 15) is 35.7 Å². The topological polar surface area (TPSA) is 206 Å². The molecular weight excluding hydrogens is 620 g/mol. The smallest absolute Gasteiger partial charge is 0.229 e. The first-order chi connectivity index (χ1) is 22.4. The maximum absolute atomic E-state index is 10.9. The summed E-state index contributed by atoms with van der Waals surface area (Å²) in [6.07, 6.45) is -13.9. The Bertz CT molecular complexity index is 1270. The zero-order valence-corrected chi connectivity index (χ0v) is 27.2. The van der Waals surface area contributed by atoms with Gasteiger partial charge in [-0.3, -0.25) is 0 Å². The molecule has 14 nitrogen and oxygen atoms in total. The van der Waals surface area contributed by atoms with E-state index in [1.165, 1.54) is 7.11 Å². The van der Waals surface area contributed by atoms with Gasteiger partial charge >= 0.3 is 0 Å². The molecule has 14 heteroatoms. The van der Waals surface area contributed by atoms with Gasteiger partial charge in [-0.15, -0.1) is 0 Å². The highest BCUT2D eigenvalue weighted by Gasteiger charge is 2.51. The van der Waals surface area contributed by atoms with Crippen molar-refractivity contribution in [2.75, 3.05) is 34.5 Å². The monoisotopic (exact) mass is 668 g/mol. The first-order valence-electron chi connectivity index (χ1n) is 15.6. The Labute approximate surface area is 273 Å². The number of benzene rings is 2. The third kappa shape index (κ3) is 8.46. The van der Waals surface area contributed by atoms with E-state index in [0.717, 1.165) is 24.0 Å². The van der Waals surface area contributed by atoms with E-state index in [1.807, 2.05) is 30.3 Å². The molecule has 2 aromatic rings. The summed E-state index contributed by atoms with van der Waals surface area (Å²) in [5, 5.41) is 71.8. The van der Waals surface area contributed by atoms with Gasteiger partial charge in [0.05, 0.1) is 34.5 Å². The molecule has 2 fully saturated rings. The molecule has 0 aliphatic carbocycles. The van der Waals surface area contributed by atoms with E-state index in [1.54, 1.807) is 20.3 Å². The van der Waals surface area contributed by atoms with Gasteiger partial charge in [0.25, 0.3) is 0 Å². The van der Waals surface area contributed by atoms with Crippen molar-refractivity contribution in [2.24, 2.45) is 11.8 Å². The van der Waals surface area contributed by atoms with Crippen LogP contribution in [0.3, 0.4) is 0 Å². The van der Waals surface area contributed by atoms with Gasteiger partial charge in [-0.25, -0.2) is 0 Å². The fraction of sp³-hybridized carbons (Fsp3) is 0.636. The lowest BCUT2D eigenvalue weighted by atomic mass is 9.85. The zero-order valence-electron chi connectivity index (χ0n) is 27.2. The molecule has 0 spiro atoms.